The van der Waals surface area contributed by atoms with E-state index in [1.807, 2.05) is 22.6 Å². The maximum atomic E-state index is 15.1. The lowest BCUT2D eigenvalue weighted by molar-refractivity contribution is 0.0179. The van der Waals surface area contributed by atoms with Crippen LogP contribution in [0.1, 0.15) is 36.7 Å². The number of carbonyl (C=O) groups excluding carboxylic acids is 2. The Morgan fingerprint density at radius 3 is 2.44 bits per heavy atom. The standard InChI is InChI=1S/C27H28FIN4O6/c1-14-17(30-25(36)39-27(2,3)4)8-7-9-19(14)38-20-13-21(34)31(5)23-22(20)24(35)32(6)26(37)33(23)18-11-10-15(29)12-16(18)28/h7-13,26,37H,1-6H3,(H,30,36). The molecule has 39 heavy (non-hydrogen) atoms. The Bertz CT molecular complexity index is 1530. The van der Waals surface area contributed by atoms with Crippen LogP contribution in [0.4, 0.5) is 26.4 Å². The Labute approximate surface area is 238 Å². The van der Waals surface area contributed by atoms with E-state index in [0.29, 0.717) is 14.8 Å². The zero-order valence-electron chi connectivity index (χ0n) is 22.2. The maximum Gasteiger partial charge on any atom is 0.412 e. The number of pyridine rings is 1. The van der Waals surface area contributed by atoms with Gasteiger partial charge in [0.15, 0.2) is 0 Å². The molecule has 0 bridgehead atoms. The Morgan fingerprint density at radius 1 is 1.10 bits per heavy atom. The normalized spacial score (nSPS) is 15.2. The molecule has 4 rings (SSSR count). The largest absolute Gasteiger partial charge is 0.456 e. The SMILES string of the molecule is Cc1c(NC(=O)OC(C)(C)C)cccc1Oc1cc(=O)n(C)c2c1C(=O)N(C)C(O)N2c1ccc(I)cc1F. The van der Waals surface area contributed by atoms with Gasteiger partial charge in [0.1, 0.15) is 34.3 Å². The van der Waals surface area contributed by atoms with E-state index < -0.39 is 35.3 Å². The van der Waals surface area contributed by atoms with Gasteiger partial charge in [0.25, 0.3) is 11.5 Å². The quantitative estimate of drug-likeness (QED) is 0.379. The van der Waals surface area contributed by atoms with Crippen LogP contribution < -0.4 is 20.5 Å². The van der Waals surface area contributed by atoms with Gasteiger partial charge in [-0.05, 0) is 80.6 Å². The number of aliphatic hydroxyl groups is 1. The smallest absolute Gasteiger partial charge is 0.412 e. The van der Waals surface area contributed by atoms with Crippen LogP contribution in [0.3, 0.4) is 0 Å². The summed E-state index contributed by atoms with van der Waals surface area (Å²) in [4.78, 5) is 41.0. The highest BCUT2D eigenvalue weighted by Gasteiger charge is 2.41. The molecule has 2 N–H and O–H groups in total. The number of fused-ring (bicyclic) bond motifs is 1. The number of aliphatic hydroxyl groups excluding tert-OH is 1. The molecule has 10 nitrogen and oxygen atoms in total. The van der Waals surface area contributed by atoms with Crippen molar-refractivity contribution in [3.63, 3.8) is 0 Å². The molecule has 12 heteroatoms. The van der Waals surface area contributed by atoms with Crippen LogP contribution in [0.15, 0.2) is 47.3 Å². The fourth-order valence-electron chi connectivity index (χ4n) is 4.10. The number of amides is 2. The fourth-order valence-corrected chi connectivity index (χ4v) is 4.55. The third-order valence-electron chi connectivity index (χ3n) is 6.02. The Kier molecular flexibility index (Phi) is 7.63. The van der Waals surface area contributed by atoms with Crippen LogP contribution in [0.25, 0.3) is 0 Å². The Morgan fingerprint density at radius 2 is 1.79 bits per heavy atom. The van der Waals surface area contributed by atoms with E-state index >= 15 is 4.39 Å². The van der Waals surface area contributed by atoms with Crippen molar-refractivity contribution in [3.8, 4) is 11.5 Å². The molecule has 0 spiro atoms. The average molecular weight is 650 g/mol. The second-order valence-corrected chi connectivity index (χ2v) is 11.2. The van der Waals surface area contributed by atoms with E-state index in [9.17, 15) is 19.5 Å². The number of halogens is 2. The van der Waals surface area contributed by atoms with Crippen molar-refractivity contribution in [2.75, 3.05) is 17.3 Å². The van der Waals surface area contributed by atoms with E-state index in [0.717, 1.165) is 15.5 Å². The average Bonchev–Trinajstić information content (AvgIpc) is 2.83. The second-order valence-electron chi connectivity index (χ2n) is 9.99. The van der Waals surface area contributed by atoms with Crippen molar-refractivity contribution in [1.29, 1.82) is 0 Å². The van der Waals surface area contributed by atoms with Crippen molar-refractivity contribution < 1.29 is 28.6 Å². The first-order valence-electron chi connectivity index (χ1n) is 11.9. The second kappa shape index (κ2) is 10.5. The number of ether oxygens (including phenoxy) is 2. The first kappa shape index (κ1) is 28.4. The van der Waals surface area contributed by atoms with Crippen molar-refractivity contribution in [3.05, 3.63) is 73.3 Å². The third kappa shape index (κ3) is 5.57. The molecule has 1 aromatic heterocycles. The van der Waals surface area contributed by atoms with Crippen molar-refractivity contribution in [1.82, 2.24) is 9.47 Å². The van der Waals surface area contributed by atoms with Gasteiger partial charge in [-0.1, -0.05) is 6.07 Å². The Hall–Kier alpha value is -3.65. The summed E-state index contributed by atoms with van der Waals surface area (Å²) < 4.78 is 28.3. The summed E-state index contributed by atoms with van der Waals surface area (Å²) in [6, 6.07) is 10.4. The summed E-state index contributed by atoms with van der Waals surface area (Å²) in [5.41, 5.74) is -0.418. The van der Waals surface area contributed by atoms with E-state index in [-0.39, 0.29) is 28.6 Å². The minimum atomic E-state index is -1.59. The maximum absolute atomic E-state index is 15.1. The molecular formula is C27H28FIN4O6. The molecule has 1 aliphatic heterocycles. The molecule has 1 aliphatic rings. The van der Waals surface area contributed by atoms with Crippen LogP contribution >= 0.6 is 22.6 Å². The lowest BCUT2D eigenvalue weighted by Crippen LogP contribution is -2.53. The van der Waals surface area contributed by atoms with Gasteiger partial charge in [-0.25, -0.2) is 9.18 Å². The number of benzene rings is 2. The molecule has 2 amide bonds. The van der Waals surface area contributed by atoms with Gasteiger partial charge in [-0.2, -0.15) is 0 Å². The van der Waals surface area contributed by atoms with Gasteiger partial charge in [0.05, 0.1) is 11.4 Å². The van der Waals surface area contributed by atoms with E-state index in [1.54, 1.807) is 52.0 Å². The van der Waals surface area contributed by atoms with E-state index in [4.69, 9.17) is 9.47 Å². The summed E-state index contributed by atoms with van der Waals surface area (Å²) in [6.07, 6.45) is -2.25. The molecule has 0 saturated carbocycles. The number of hydrogen-bond donors (Lipinski definition) is 2. The number of nitrogens with one attached hydrogen (secondary N) is 1. The Balaban J connectivity index is 1.83. The number of nitrogens with zero attached hydrogens (tertiary/aromatic N) is 3. The van der Waals surface area contributed by atoms with E-state index in [1.165, 1.54) is 31.1 Å². The topological polar surface area (TPSA) is 113 Å². The molecule has 2 heterocycles. The molecule has 1 unspecified atom stereocenters. The molecule has 206 valence electrons. The fraction of sp³-hybridized carbons (Fsp3) is 0.296. The van der Waals surface area contributed by atoms with Crippen molar-refractivity contribution in [2.45, 2.75) is 39.6 Å². The highest BCUT2D eigenvalue weighted by Crippen LogP contribution is 2.42. The lowest BCUT2D eigenvalue weighted by atomic mass is 10.1. The lowest BCUT2D eigenvalue weighted by Gasteiger charge is -2.41. The minimum Gasteiger partial charge on any atom is -0.456 e. The number of hydrogen-bond acceptors (Lipinski definition) is 7. The highest BCUT2D eigenvalue weighted by atomic mass is 127. The molecule has 0 saturated heterocycles. The van der Waals surface area contributed by atoms with Crippen LogP contribution in [-0.4, -0.2) is 45.6 Å². The first-order valence-corrected chi connectivity index (χ1v) is 13.0. The monoisotopic (exact) mass is 650 g/mol. The zero-order valence-corrected chi connectivity index (χ0v) is 24.4. The first-order chi connectivity index (χ1) is 18.2. The number of rotatable bonds is 4. The van der Waals surface area contributed by atoms with Gasteiger partial charge >= 0.3 is 6.09 Å². The summed E-state index contributed by atoms with van der Waals surface area (Å²) in [5, 5.41) is 13.7. The molecule has 0 aliphatic carbocycles. The molecule has 1 atom stereocenters. The predicted molar refractivity (Wildman–Crippen MR) is 152 cm³/mol. The van der Waals surface area contributed by atoms with Gasteiger partial charge in [-0.15, -0.1) is 0 Å². The zero-order chi connectivity index (χ0) is 28.8. The van der Waals surface area contributed by atoms with Gasteiger partial charge in [0, 0.05) is 29.3 Å². The molecular weight excluding hydrogens is 622 g/mol. The summed E-state index contributed by atoms with van der Waals surface area (Å²) >= 11 is 1.96. The number of anilines is 3. The van der Waals surface area contributed by atoms with Crippen molar-refractivity contribution in [2.24, 2.45) is 7.05 Å². The molecule has 3 aromatic rings. The van der Waals surface area contributed by atoms with Crippen LogP contribution in [-0.2, 0) is 11.8 Å². The van der Waals surface area contributed by atoms with Crippen LogP contribution in [0.2, 0.25) is 0 Å². The van der Waals surface area contributed by atoms with Crippen molar-refractivity contribution >= 4 is 51.8 Å². The summed E-state index contributed by atoms with van der Waals surface area (Å²) in [5.74, 6) is -1.15. The number of carbonyl (C=O) groups is 2. The van der Waals surface area contributed by atoms with E-state index in [2.05, 4.69) is 5.32 Å². The molecule has 2 aromatic carbocycles. The van der Waals surface area contributed by atoms with Gasteiger partial charge < -0.3 is 14.6 Å². The van der Waals surface area contributed by atoms with Gasteiger partial charge in [0.2, 0.25) is 6.35 Å². The van der Waals surface area contributed by atoms with Gasteiger partial charge in [-0.3, -0.25) is 29.3 Å². The predicted octanol–water partition coefficient (Wildman–Crippen LogP) is 5.08. The molecule has 0 fully saturated rings. The van der Waals surface area contributed by atoms with Crippen LogP contribution in [0.5, 0.6) is 11.5 Å². The third-order valence-corrected chi connectivity index (χ3v) is 6.69. The highest BCUT2D eigenvalue weighted by molar-refractivity contribution is 14.1. The molecule has 0 radical (unpaired) electrons. The summed E-state index contributed by atoms with van der Waals surface area (Å²) in [6.45, 7) is 6.93. The minimum absolute atomic E-state index is 0.0320. The number of aromatic nitrogens is 1. The summed E-state index contributed by atoms with van der Waals surface area (Å²) in [7, 11) is 2.78. The van der Waals surface area contributed by atoms with Crippen LogP contribution in [0, 0.1) is 16.3 Å².